The summed E-state index contributed by atoms with van der Waals surface area (Å²) >= 11 is 0. The highest BCUT2D eigenvalue weighted by molar-refractivity contribution is 5.84. The summed E-state index contributed by atoms with van der Waals surface area (Å²) in [5.74, 6) is -1.52. The summed E-state index contributed by atoms with van der Waals surface area (Å²) in [4.78, 5) is 33.4. The first-order chi connectivity index (χ1) is 7.47. The van der Waals surface area contributed by atoms with Crippen LogP contribution in [0.2, 0.25) is 0 Å². The summed E-state index contributed by atoms with van der Waals surface area (Å²) in [5.41, 5.74) is 0. The van der Waals surface area contributed by atoms with Crippen LogP contribution in [0.15, 0.2) is 0 Å². The number of methoxy groups -OCH3 is 1. The third-order valence-corrected chi connectivity index (χ3v) is 1.51. The maximum absolute atomic E-state index is 11.3. The van der Waals surface area contributed by atoms with Gasteiger partial charge in [-0.05, 0) is 6.92 Å². The van der Waals surface area contributed by atoms with Crippen LogP contribution >= 0.6 is 0 Å². The molecular formula is C9H15NO6. The van der Waals surface area contributed by atoms with E-state index in [4.69, 9.17) is 9.84 Å². The number of amides is 1. The number of carboxylic acids is 1. The molecule has 1 amide bonds. The number of ketones is 1. The molecule has 0 aromatic rings. The number of hydrogen-bond acceptors (Lipinski definition) is 5. The van der Waals surface area contributed by atoms with Crippen LogP contribution in [-0.4, -0.2) is 61.3 Å². The van der Waals surface area contributed by atoms with Gasteiger partial charge in [0.05, 0.1) is 13.2 Å². The van der Waals surface area contributed by atoms with Crippen LogP contribution in [0.4, 0.5) is 4.79 Å². The molecule has 0 unspecified atom stereocenters. The number of carbonyl (C=O) groups excluding carboxylic acids is 2. The van der Waals surface area contributed by atoms with E-state index in [-0.39, 0.29) is 25.5 Å². The average Bonchev–Trinajstić information content (AvgIpc) is 2.15. The van der Waals surface area contributed by atoms with Gasteiger partial charge in [-0.25, -0.2) is 4.79 Å². The number of rotatable bonds is 7. The van der Waals surface area contributed by atoms with Gasteiger partial charge in [-0.15, -0.1) is 0 Å². The first-order valence-electron chi connectivity index (χ1n) is 4.59. The molecule has 7 nitrogen and oxygen atoms in total. The maximum atomic E-state index is 11.3. The molecule has 1 N–H and O–H groups in total. The van der Waals surface area contributed by atoms with E-state index in [1.54, 1.807) is 0 Å². The van der Waals surface area contributed by atoms with E-state index < -0.39 is 18.6 Å². The molecule has 16 heavy (non-hydrogen) atoms. The molecule has 0 aliphatic carbocycles. The summed E-state index contributed by atoms with van der Waals surface area (Å²) in [6.07, 6.45) is -0.838. The fourth-order valence-electron chi connectivity index (χ4n) is 0.921. The number of carboxylic acid groups (broad SMARTS) is 1. The monoisotopic (exact) mass is 233 g/mol. The second-order valence-corrected chi connectivity index (χ2v) is 3.06. The number of Topliss-reactive ketones (excluding diaryl/α,β-unsaturated/α-hetero) is 1. The molecule has 0 heterocycles. The van der Waals surface area contributed by atoms with E-state index in [9.17, 15) is 14.4 Å². The first-order valence-corrected chi connectivity index (χ1v) is 4.59. The van der Waals surface area contributed by atoms with E-state index in [0.29, 0.717) is 0 Å². The zero-order valence-corrected chi connectivity index (χ0v) is 9.26. The van der Waals surface area contributed by atoms with E-state index >= 15 is 0 Å². The summed E-state index contributed by atoms with van der Waals surface area (Å²) in [7, 11) is 1.44. The molecule has 0 aromatic heterocycles. The fraction of sp³-hybridized carbons (Fsp3) is 0.667. The largest absolute Gasteiger partial charge is 0.480 e. The van der Waals surface area contributed by atoms with Gasteiger partial charge < -0.3 is 14.6 Å². The van der Waals surface area contributed by atoms with Gasteiger partial charge in [0.15, 0.2) is 0 Å². The predicted octanol–water partition coefficient (Wildman–Crippen LogP) is -0.255. The molecule has 0 aromatic carbocycles. The minimum absolute atomic E-state index is 0.0172. The first kappa shape index (κ1) is 14.4. The Balaban J connectivity index is 4.20. The lowest BCUT2D eigenvalue weighted by molar-refractivity contribution is -0.138. The number of carbonyl (C=O) groups is 3. The van der Waals surface area contributed by atoms with E-state index in [1.165, 1.54) is 14.0 Å². The van der Waals surface area contributed by atoms with Gasteiger partial charge in [0, 0.05) is 7.11 Å². The van der Waals surface area contributed by atoms with Gasteiger partial charge in [0.2, 0.25) is 0 Å². The molecule has 0 saturated heterocycles. The Bertz CT molecular complexity index is 249. The van der Waals surface area contributed by atoms with Crippen molar-refractivity contribution in [1.82, 2.24) is 4.90 Å². The Morgan fingerprint density at radius 1 is 1.19 bits per heavy atom. The fourth-order valence-corrected chi connectivity index (χ4v) is 0.921. The minimum Gasteiger partial charge on any atom is -0.480 e. The van der Waals surface area contributed by atoms with Crippen molar-refractivity contribution in [2.75, 3.05) is 33.4 Å². The lowest BCUT2D eigenvalue weighted by Gasteiger charge is -2.18. The lowest BCUT2D eigenvalue weighted by atomic mass is 10.4. The zero-order valence-electron chi connectivity index (χ0n) is 9.26. The van der Waals surface area contributed by atoms with Gasteiger partial charge >= 0.3 is 12.1 Å². The van der Waals surface area contributed by atoms with Crippen LogP contribution in [0.1, 0.15) is 6.92 Å². The van der Waals surface area contributed by atoms with Crippen molar-refractivity contribution in [3.05, 3.63) is 0 Å². The number of hydrogen-bond donors (Lipinski definition) is 1. The standard InChI is InChI=1S/C9H15NO6/c1-7(11)5-10(6-8(12)13)9(14)16-4-3-15-2/h3-6H2,1-2H3,(H,12,13). The smallest absolute Gasteiger partial charge is 0.410 e. The molecule has 0 spiro atoms. The molecule has 0 bridgehead atoms. The van der Waals surface area contributed by atoms with Gasteiger partial charge in [-0.2, -0.15) is 0 Å². The van der Waals surface area contributed by atoms with Crippen LogP contribution in [0.3, 0.4) is 0 Å². The topological polar surface area (TPSA) is 93.1 Å². The summed E-state index contributed by atoms with van der Waals surface area (Å²) in [6.45, 7) is 0.650. The second-order valence-electron chi connectivity index (χ2n) is 3.06. The molecule has 0 saturated carbocycles. The van der Waals surface area contributed by atoms with Crippen LogP contribution in [0, 0.1) is 0 Å². The minimum atomic E-state index is -1.20. The van der Waals surface area contributed by atoms with Crippen LogP contribution in [-0.2, 0) is 19.1 Å². The van der Waals surface area contributed by atoms with Crippen molar-refractivity contribution in [3.63, 3.8) is 0 Å². The number of nitrogens with zero attached hydrogens (tertiary/aromatic N) is 1. The van der Waals surface area contributed by atoms with Crippen molar-refractivity contribution in [1.29, 1.82) is 0 Å². The molecule has 92 valence electrons. The van der Waals surface area contributed by atoms with E-state index in [2.05, 4.69) is 4.74 Å². The summed E-state index contributed by atoms with van der Waals surface area (Å²) in [6, 6.07) is 0. The highest BCUT2D eigenvalue weighted by Crippen LogP contribution is 1.95. The third-order valence-electron chi connectivity index (χ3n) is 1.51. The van der Waals surface area contributed by atoms with E-state index in [0.717, 1.165) is 4.90 Å². The third kappa shape index (κ3) is 6.77. The molecule has 0 atom stereocenters. The molecular weight excluding hydrogens is 218 g/mol. The maximum Gasteiger partial charge on any atom is 0.410 e. The molecule has 0 fully saturated rings. The number of aliphatic carboxylic acids is 1. The van der Waals surface area contributed by atoms with Gasteiger partial charge in [0.25, 0.3) is 0 Å². The summed E-state index contributed by atoms with van der Waals surface area (Å²) < 4.78 is 9.35. The van der Waals surface area contributed by atoms with Gasteiger partial charge in [-0.1, -0.05) is 0 Å². The zero-order chi connectivity index (χ0) is 12.6. The normalized spacial score (nSPS) is 9.62. The van der Waals surface area contributed by atoms with E-state index in [1.807, 2.05) is 0 Å². The van der Waals surface area contributed by atoms with Crippen molar-refractivity contribution in [2.24, 2.45) is 0 Å². The van der Waals surface area contributed by atoms with Crippen molar-refractivity contribution in [2.45, 2.75) is 6.92 Å². The molecule has 0 aliphatic rings. The molecule has 0 radical (unpaired) electrons. The van der Waals surface area contributed by atoms with Gasteiger partial charge in [-0.3, -0.25) is 14.5 Å². The quantitative estimate of drug-likeness (QED) is 0.609. The van der Waals surface area contributed by atoms with Crippen molar-refractivity contribution < 1.29 is 29.0 Å². The Labute approximate surface area is 92.9 Å². The second kappa shape index (κ2) is 7.63. The Kier molecular flexibility index (Phi) is 6.86. The highest BCUT2D eigenvalue weighted by Gasteiger charge is 2.19. The predicted molar refractivity (Wildman–Crippen MR) is 53.1 cm³/mol. The Morgan fingerprint density at radius 2 is 1.81 bits per heavy atom. The van der Waals surface area contributed by atoms with Crippen molar-refractivity contribution >= 4 is 17.8 Å². The molecule has 7 heteroatoms. The average molecular weight is 233 g/mol. The lowest BCUT2D eigenvalue weighted by Crippen LogP contribution is -2.39. The highest BCUT2D eigenvalue weighted by atomic mass is 16.6. The van der Waals surface area contributed by atoms with Crippen LogP contribution in [0.25, 0.3) is 0 Å². The Morgan fingerprint density at radius 3 is 2.25 bits per heavy atom. The SMILES string of the molecule is COCCOC(=O)N(CC(C)=O)CC(=O)O. The van der Waals surface area contributed by atoms with Crippen LogP contribution in [0.5, 0.6) is 0 Å². The summed E-state index contributed by atoms with van der Waals surface area (Å²) in [5, 5.41) is 8.53. The van der Waals surface area contributed by atoms with Crippen LogP contribution < -0.4 is 0 Å². The van der Waals surface area contributed by atoms with Gasteiger partial charge in [0.1, 0.15) is 18.9 Å². The van der Waals surface area contributed by atoms with Crippen molar-refractivity contribution in [3.8, 4) is 0 Å². The Hall–Kier alpha value is -1.63. The number of ether oxygens (including phenoxy) is 2. The molecule has 0 rings (SSSR count). The molecule has 0 aliphatic heterocycles.